The summed E-state index contributed by atoms with van der Waals surface area (Å²) in [6, 6.07) is 19.1. The summed E-state index contributed by atoms with van der Waals surface area (Å²) in [6.45, 7) is 16.9. The minimum atomic E-state index is -0.493. The van der Waals surface area contributed by atoms with Gasteiger partial charge < -0.3 is 23.6 Å². The van der Waals surface area contributed by atoms with Crippen LogP contribution in [0.25, 0.3) is 16.9 Å². The van der Waals surface area contributed by atoms with E-state index in [1.807, 2.05) is 36.4 Å². The molecule has 1 atom stereocenters. The number of hydrogen-bond acceptors (Lipinski definition) is 5. The number of halogens is 2. The number of nitrogens with zero attached hydrogens (tertiary/aromatic N) is 4. The first-order valence-corrected chi connectivity index (χ1v) is 18.0. The number of aliphatic hydroxyl groups excluding tert-OH is 1. The van der Waals surface area contributed by atoms with Gasteiger partial charge in [0.25, 0.3) is 0 Å². The molecule has 49 heavy (non-hydrogen) atoms. The molecule has 1 N–H and O–H groups in total. The van der Waals surface area contributed by atoms with Gasteiger partial charge in [0, 0.05) is 55.4 Å². The van der Waals surface area contributed by atoms with E-state index in [1.54, 1.807) is 0 Å². The lowest BCUT2D eigenvalue weighted by Gasteiger charge is -2.48. The van der Waals surface area contributed by atoms with Crippen LogP contribution in [0.3, 0.4) is 0 Å². The molecule has 0 aliphatic heterocycles. The smallest absolute Gasteiger partial charge is 0.147 e. The van der Waals surface area contributed by atoms with Crippen LogP contribution in [0.1, 0.15) is 71.7 Å². The zero-order valence-electron chi connectivity index (χ0n) is 30.0. The van der Waals surface area contributed by atoms with Crippen molar-refractivity contribution in [2.24, 2.45) is 0 Å². The van der Waals surface area contributed by atoms with E-state index in [1.165, 1.54) is 0 Å². The number of benzene rings is 3. The zero-order valence-corrected chi connectivity index (χ0v) is 30.0. The Hall–Kier alpha value is -3.79. The first-order valence-electron chi connectivity index (χ1n) is 18.0. The summed E-state index contributed by atoms with van der Waals surface area (Å²) in [5.41, 5.74) is 3.03. The number of rotatable bonds is 21. The molecule has 0 saturated heterocycles. The molecule has 0 spiro atoms. The molecule has 4 aromatic rings. The van der Waals surface area contributed by atoms with Gasteiger partial charge >= 0.3 is 0 Å². The number of aryl methyl sites for hydroxylation is 1. The van der Waals surface area contributed by atoms with E-state index in [0.717, 1.165) is 116 Å². The topological polar surface area (TPSA) is 59.8 Å². The van der Waals surface area contributed by atoms with Crippen LogP contribution in [0.5, 0.6) is 11.5 Å². The second kappa shape index (κ2) is 18.8. The predicted molar refractivity (Wildman–Crippen MR) is 193 cm³/mol. The molecule has 0 bridgehead atoms. The van der Waals surface area contributed by atoms with Gasteiger partial charge in [-0.2, -0.15) is 0 Å². The second-order valence-electron chi connectivity index (χ2n) is 12.5. The average molecular weight is 678 g/mol. The van der Waals surface area contributed by atoms with Crippen LogP contribution < -0.4 is 9.47 Å². The van der Waals surface area contributed by atoms with E-state index in [4.69, 9.17) is 14.5 Å². The third-order valence-electron chi connectivity index (χ3n) is 9.73. The molecule has 0 fully saturated rings. The molecule has 0 amide bonds. The second-order valence-corrected chi connectivity index (χ2v) is 12.5. The molecule has 0 radical (unpaired) electrons. The molecular formula is C40H55F2N4O3+. The SMILES string of the molecule is CCCCc1nc(-c2ccc(OCCC[N+](CC)(CC)C(CCO)N(CC)CC)cc2)cn1-c1ccc(OCc2cc(F)ccc2F)cc1. The van der Waals surface area contributed by atoms with Crippen molar-refractivity contribution in [1.82, 2.24) is 14.5 Å². The Balaban J connectivity index is 1.40. The van der Waals surface area contributed by atoms with Crippen LogP contribution in [-0.4, -0.2) is 76.1 Å². The monoisotopic (exact) mass is 677 g/mol. The van der Waals surface area contributed by atoms with Crippen LogP contribution in [-0.2, 0) is 13.0 Å². The minimum absolute atomic E-state index is 0.0567. The molecule has 1 aromatic heterocycles. The van der Waals surface area contributed by atoms with Crippen molar-refractivity contribution in [3.05, 3.63) is 95.9 Å². The van der Waals surface area contributed by atoms with Crippen LogP contribution >= 0.6 is 0 Å². The maximum atomic E-state index is 14.0. The third kappa shape index (κ3) is 9.90. The highest BCUT2D eigenvalue weighted by molar-refractivity contribution is 5.61. The van der Waals surface area contributed by atoms with Gasteiger partial charge in [-0.25, -0.2) is 13.8 Å². The molecule has 3 aromatic carbocycles. The van der Waals surface area contributed by atoms with Crippen molar-refractivity contribution in [3.63, 3.8) is 0 Å². The van der Waals surface area contributed by atoms with Gasteiger partial charge in [0.2, 0.25) is 0 Å². The van der Waals surface area contributed by atoms with E-state index < -0.39 is 11.6 Å². The standard InChI is InChI=1S/C40H55F2N4O3/c1-6-11-13-39-43-38(29-45(39)34-17-21-36(22-18-34)49-30-32-28-33(41)16-23-37(32)42)31-14-19-35(20-15-31)48-27-12-25-46(9-4,10-5)40(24-26-47)44(7-2)8-3/h14-23,28-29,40,47H,6-13,24-27,30H2,1-5H3/q+1. The lowest BCUT2D eigenvalue weighted by atomic mass is 10.1. The van der Waals surface area contributed by atoms with E-state index >= 15 is 0 Å². The number of unbranched alkanes of at least 4 members (excludes halogenated alkanes) is 1. The summed E-state index contributed by atoms with van der Waals surface area (Å²) < 4.78 is 42.6. The first kappa shape index (κ1) is 38.0. The maximum absolute atomic E-state index is 14.0. The van der Waals surface area contributed by atoms with Crippen molar-refractivity contribution in [2.45, 2.75) is 79.5 Å². The quantitative estimate of drug-likeness (QED) is 0.0545. The molecule has 0 aliphatic rings. The Kier molecular flexibility index (Phi) is 14.6. The molecule has 1 heterocycles. The van der Waals surface area contributed by atoms with Crippen molar-refractivity contribution in [1.29, 1.82) is 0 Å². The van der Waals surface area contributed by atoms with Gasteiger partial charge in [-0.1, -0.05) is 27.2 Å². The zero-order chi connectivity index (χ0) is 35.2. The summed E-state index contributed by atoms with van der Waals surface area (Å²) in [4.78, 5) is 7.50. The summed E-state index contributed by atoms with van der Waals surface area (Å²) in [7, 11) is 0. The van der Waals surface area contributed by atoms with Crippen LogP contribution in [0.4, 0.5) is 8.78 Å². The Morgan fingerprint density at radius 3 is 2.16 bits per heavy atom. The van der Waals surface area contributed by atoms with Crippen molar-refractivity contribution >= 4 is 0 Å². The number of quaternary nitrogens is 1. The lowest BCUT2D eigenvalue weighted by Crippen LogP contribution is -2.63. The molecule has 4 rings (SSSR count). The minimum Gasteiger partial charge on any atom is -0.493 e. The predicted octanol–water partition coefficient (Wildman–Crippen LogP) is 8.41. The fourth-order valence-electron chi connectivity index (χ4n) is 6.78. The van der Waals surface area contributed by atoms with Crippen LogP contribution in [0, 0.1) is 11.6 Å². The van der Waals surface area contributed by atoms with Gasteiger partial charge in [-0.15, -0.1) is 0 Å². The van der Waals surface area contributed by atoms with Crippen molar-refractivity contribution in [2.75, 3.05) is 45.9 Å². The highest BCUT2D eigenvalue weighted by atomic mass is 19.1. The molecule has 0 aliphatic carbocycles. The van der Waals surface area contributed by atoms with Gasteiger partial charge in [0.15, 0.2) is 0 Å². The first-order chi connectivity index (χ1) is 23.8. The third-order valence-corrected chi connectivity index (χ3v) is 9.73. The number of imidazole rings is 1. The van der Waals surface area contributed by atoms with Gasteiger partial charge in [-0.05, 0) is 87.0 Å². The lowest BCUT2D eigenvalue weighted by molar-refractivity contribution is -0.959. The fourth-order valence-corrected chi connectivity index (χ4v) is 6.78. The Morgan fingerprint density at radius 2 is 1.53 bits per heavy atom. The van der Waals surface area contributed by atoms with Crippen molar-refractivity contribution < 1.29 is 27.8 Å². The number of hydrogen-bond donors (Lipinski definition) is 1. The van der Waals surface area contributed by atoms with Gasteiger partial charge in [-0.3, -0.25) is 4.90 Å². The Morgan fingerprint density at radius 1 is 0.857 bits per heavy atom. The highest BCUT2D eigenvalue weighted by Gasteiger charge is 2.36. The number of ether oxygens (including phenoxy) is 2. The van der Waals surface area contributed by atoms with Crippen molar-refractivity contribution in [3.8, 4) is 28.4 Å². The van der Waals surface area contributed by atoms with Crippen LogP contribution in [0.15, 0.2) is 72.9 Å². The summed E-state index contributed by atoms with van der Waals surface area (Å²) >= 11 is 0. The van der Waals surface area contributed by atoms with E-state index in [9.17, 15) is 13.9 Å². The highest BCUT2D eigenvalue weighted by Crippen LogP contribution is 2.27. The molecule has 266 valence electrons. The Labute approximate surface area is 291 Å². The fraction of sp³-hybridized carbons (Fsp3) is 0.475. The average Bonchev–Trinajstić information content (AvgIpc) is 3.56. The summed E-state index contributed by atoms with van der Waals surface area (Å²) in [6.07, 6.45) is 7.01. The number of aromatic nitrogens is 2. The largest absolute Gasteiger partial charge is 0.493 e. The number of aliphatic hydroxyl groups is 1. The molecule has 9 heteroatoms. The summed E-state index contributed by atoms with van der Waals surface area (Å²) in [5.74, 6) is 1.40. The maximum Gasteiger partial charge on any atom is 0.147 e. The Bertz CT molecular complexity index is 1550. The molecule has 7 nitrogen and oxygen atoms in total. The van der Waals surface area contributed by atoms with E-state index in [2.05, 4.69) is 62.4 Å². The van der Waals surface area contributed by atoms with E-state index in [0.29, 0.717) is 18.5 Å². The molecule has 1 unspecified atom stereocenters. The van der Waals surface area contributed by atoms with E-state index in [-0.39, 0.29) is 18.8 Å². The van der Waals surface area contributed by atoms with Crippen LogP contribution in [0.2, 0.25) is 0 Å². The van der Waals surface area contributed by atoms with Gasteiger partial charge in [0.05, 0.1) is 38.5 Å². The van der Waals surface area contributed by atoms with Gasteiger partial charge in [0.1, 0.15) is 41.7 Å². The molecular weight excluding hydrogens is 622 g/mol. The molecule has 0 saturated carbocycles. The summed E-state index contributed by atoms with van der Waals surface area (Å²) in [5, 5.41) is 9.85. The normalized spacial score (nSPS) is 12.4.